The SMILES string of the molecule is CCN(CC)CCN1C(=O)CSC1c1cc(OC)c(OC)cc1OC. The van der Waals surface area contributed by atoms with E-state index in [0.717, 1.165) is 25.2 Å². The van der Waals surface area contributed by atoms with Gasteiger partial charge in [-0.2, -0.15) is 0 Å². The van der Waals surface area contributed by atoms with E-state index < -0.39 is 0 Å². The Balaban J connectivity index is 2.29. The number of amides is 1. The van der Waals surface area contributed by atoms with Crippen LogP contribution in [0, 0.1) is 0 Å². The largest absolute Gasteiger partial charge is 0.496 e. The summed E-state index contributed by atoms with van der Waals surface area (Å²) in [5.74, 6) is 2.62. The van der Waals surface area contributed by atoms with E-state index in [1.165, 1.54) is 0 Å². The fourth-order valence-corrected chi connectivity index (χ4v) is 4.22. The number of methoxy groups -OCH3 is 3. The zero-order valence-electron chi connectivity index (χ0n) is 15.7. The molecule has 0 aliphatic carbocycles. The van der Waals surface area contributed by atoms with Crippen LogP contribution in [0.15, 0.2) is 12.1 Å². The van der Waals surface area contributed by atoms with E-state index in [4.69, 9.17) is 14.2 Å². The highest BCUT2D eigenvalue weighted by Crippen LogP contribution is 2.46. The summed E-state index contributed by atoms with van der Waals surface area (Å²) in [6.45, 7) is 7.81. The molecule has 1 heterocycles. The molecule has 1 aliphatic heterocycles. The summed E-state index contributed by atoms with van der Waals surface area (Å²) in [5.41, 5.74) is 0.940. The van der Waals surface area contributed by atoms with Crippen LogP contribution in [0.2, 0.25) is 0 Å². The second-order valence-corrected chi connectivity index (χ2v) is 6.80. The van der Waals surface area contributed by atoms with Crippen molar-refractivity contribution < 1.29 is 19.0 Å². The van der Waals surface area contributed by atoms with E-state index in [0.29, 0.717) is 29.5 Å². The second kappa shape index (κ2) is 9.20. The molecular weight excluding hydrogens is 340 g/mol. The third-order valence-electron chi connectivity index (χ3n) is 4.52. The fourth-order valence-electron chi connectivity index (χ4n) is 2.99. The Morgan fingerprint density at radius 3 is 2.24 bits per heavy atom. The maximum Gasteiger partial charge on any atom is 0.233 e. The maximum absolute atomic E-state index is 12.4. The third-order valence-corrected chi connectivity index (χ3v) is 5.76. The summed E-state index contributed by atoms with van der Waals surface area (Å²) in [7, 11) is 4.84. The minimum atomic E-state index is -0.0715. The molecule has 6 nitrogen and oxygen atoms in total. The van der Waals surface area contributed by atoms with Crippen LogP contribution in [-0.2, 0) is 4.79 Å². The van der Waals surface area contributed by atoms with Crippen molar-refractivity contribution in [3.8, 4) is 17.2 Å². The zero-order chi connectivity index (χ0) is 18.4. The topological polar surface area (TPSA) is 51.2 Å². The van der Waals surface area contributed by atoms with Crippen molar-refractivity contribution in [1.29, 1.82) is 0 Å². The van der Waals surface area contributed by atoms with Gasteiger partial charge in [0.25, 0.3) is 0 Å². The molecule has 1 aromatic rings. The van der Waals surface area contributed by atoms with Crippen molar-refractivity contribution in [2.24, 2.45) is 0 Å². The van der Waals surface area contributed by atoms with Crippen molar-refractivity contribution in [2.75, 3.05) is 53.3 Å². The lowest BCUT2D eigenvalue weighted by Crippen LogP contribution is -2.37. The van der Waals surface area contributed by atoms with Crippen LogP contribution in [0.5, 0.6) is 17.2 Å². The van der Waals surface area contributed by atoms with Crippen molar-refractivity contribution in [1.82, 2.24) is 9.80 Å². The number of hydrogen-bond donors (Lipinski definition) is 0. The second-order valence-electron chi connectivity index (χ2n) is 5.73. The first-order valence-electron chi connectivity index (χ1n) is 8.52. The molecule has 140 valence electrons. The van der Waals surface area contributed by atoms with Crippen molar-refractivity contribution in [3.63, 3.8) is 0 Å². The summed E-state index contributed by atoms with van der Waals surface area (Å²) in [5, 5.41) is -0.0715. The Hall–Kier alpha value is -1.60. The van der Waals surface area contributed by atoms with E-state index in [-0.39, 0.29) is 11.3 Å². The van der Waals surface area contributed by atoms with Gasteiger partial charge in [-0.25, -0.2) is 0 Å². The van der Waals surface area contributed by atoms with Gasteiger partial charge in [0.2, 0.25) is 5.91 Å². The number of carbonyl (C=O) groups is 1. The normalized spacial score (nSPS) is 17.3. The minimum absolute atomic E-state index is 0.0715. The maximum atomic E-state index is 12.4. The Morgan fingerprint density at radius 1 is 1.08 bits per heavy atom. The highest BCUT2D eigenvalue weighted by Gasteiger charge is 2.35. The molecule has 0 saturated carbocycles. The smallest absolute Gasteiger partial charge is 0.233 e. The quantitative estimate of drug-likeness (QED) is 0.668. The number of carbonyl (C=O) groups excluding carboxylic acids is 1. The summed E-state index contributed by atoms with van der Waals surface area (Å²) in [4.78, 5) is 16.7. The van der Waals surface area contributed by atoms with Crippen molar-refractivity contribution in [2.45, 2.75) is 19.2 Å². The van der Waals surface area contributed by atoms with Gasteiger partial charge in [-0.15, -0.1) is 11.8 Å². The van der Waals surface area contributed by atoms with E-state index in [2.05, 4.69) is 18.7 Å². The van der Waals surface area contributed by atoms with Crippen molar-refractivity contribution in [3.05, 3.63) is 17.7 Å². The average molecular weight is 368 g/mol. The predicted molar refractivity (Wildman–Crippen MR) is 101 cm³/mol. The molecule has 1 fully saturated rings. The molecule has 1 aliphatic rings. The lowest BCUT2D eigenvalue weighted by molar-refractivity contribution is -0.128. The molecule has 0 bridgehead atoms. The van der Waals surface area contributed by atoms with Crippen LogP contribution in [0.1, 0.15) is 24.8 Å². The van der Waals surface area contributed by atoms with Gasteiger partial charge >= 0.3 is 0 Å². The first-order chi connectivity index (χ1) is 12.1. The van der Waals surface area contributed by atoms with Gasteiger partial charge in [-0.1, -0.05) is 13.8 Å². The summed E-state index contributed by atoms with van der Waals surface area (Å²) in [6, 6.07) is 3.73. The number of rotatable bonds is 9. The third kappa shape index (κ3) is 4.33. The molecule has 1 aromatic carbocycles. The van der Waals surface area contributed by atoms with Crippen LogP contribution in [-0.4, -0.2) is 69.0 Å². The van der Waals surface area contributed by atoms with Gasteiger partial charge in [0.1, 0.15) is 11.1 Å². The van der Waals surface area contributed by atoms with E-state index in [1.807, 2.05) is 17.0 Å². The van der Waals surface area contributed by atoms with Crippen LogP contribution in [0.25, 0.3) is 0 Å². The van der Waals surface area contributed by atoms with Crippen LogP contribution in [0.3, 0.4) is 0 Å². The van der Waals surface area contributed by atoms with Gasteiger partial charge in [-0.3, -0.25) is 4.79 Å². The summed E-state index contributed by atoms with van der Waals surface area (Å²) < 4.78 is 16.3. The molecule has 0 aromatic heterocycles. The Bertz CT molecular complexity index is 593. The van der Waals surface area contributed by atoms with Gasteiger partial charge in [0.15, 0.2) is 11.5 Å². The Kier molecular flexibility index (Phi) is 7.25. The first-order valence-corrected chi connectivity index (χ1v) is 9.57. The highest BCUT2D eigenvalue weighted by atomic mass is 32.2. The Morgan fingerprint density at radius 2 is 1.68 bits per heavy atom. The van der Waals surface area contributed by atoms with Crippen LogP contribution < -0.4 is 14.2 Å². The van der Waals surface area contributed by atoms with Crippen LogP contribution >= 0.6 is 11.8 Å². The number of ether oxygens (including phenoxy) is 3. The van der Waals surface area contributed by atoms with Gasteiger partial charge in [0, 0.05) is 24.7 Å². The van der Waals surface area contributed by atoms with Gasteiger partial charge in [0.05, 0.1) is 27.1 Å². The van der Waals surface area contributed by atoms with E-state index >= 15 is 0 Å². The number of thioether (sulfide) groups is 1. The van der Waals surface area contributed by atoms with E-state index in [1.54, 1.807) is 33.1 Å². The molecule has 7 heteroatoms. The Labute approximate surface area is 154 Å². The standard InChI is InChI=1S/C18H28N2O4S/c1-6-19(7-2)8-9-20-17(21)12-25-18(20)13-10-15(23-4)16(24-5)11-14(13)22-3/h10-11,18H,6-9,12H2,1-5H3. The van der Waals surface area contributed by atoms with Crippen LogP contribution in [0.4, 0.5) is 0 Å². The molecule has 2 rings (SSSR count). The molecular formula is C18H28N2O4S. The molecule has 1 amide bonds. The number of nitrogens with zero attached hydrogens (tertiary/aromatic N) is 2. The number of benzene rings is 1. The zero-order valence-corrected chi connectivity index (χ0v) is 16.5. The number of likely N-dealkylation sites (N-methyl/N-ethyl adjacent to an activating group) is 1. The molecule has 25 heavy (non-hydrogen) atoms. The van der Waals surface area contributed by atoms with Crippen molar-refractivity contribution >= 4 is 17.7 Å². The average Bonchev–Trinajstić information content (AvgIpc) is 3.01. The molecule has 1 atom stereocenters. The monoisotopic (exact) mass is 368 g/mol. The molecule has 0 radical (unpaired) electrons. The molecule has 0 N–H and O–H groups in total. The molecule has 1 unspecified atom stereocenters. The summed E-state index contributed by atoms with van der Waals surface area (Å²) >= 11 is 1.62. The fraction of sp³-hybridized carbons (Fsp3) is 0.611. The van der Waals surface area contributed by atoms with Gasteiger partial charge < -0.3 is 24.0 Å². The molecule has 1 saturated heterocycles. The highest BCUT2D eigenvalue weighted by molar-refractivity contribution is 8.00. The lowest BCUT2D eigenvalue weighted by Gasteiger charge is -2.28. The van der Waals surface area contributed by atoms with E-state index in [9.17, 15) is 4.79 Å². The first kappa shape index (κ1) is 19.7. The minimum Gasteiger partial charge on any atom is -0.496 e. The molecule has 0 spiro atoms. The lowest BCUT2D eigenvalue weighted by atomic mass is 10.1. The summed E-state index contributed by atoms with van der Waals surface area (Å²) in [6.07, 6.45) is 0. The number of hydrogen-bond acceptors (Lipinski definition) is 6. The predicted octanol–water partition coefficient (Wildman–Crippen LogP) is 2.63. The van der Waals surface area contributed by atoms with Gasteiger partial charge in [-0.05, 0) is 19.2 Å².